The Labute approximate surface area is 53.6 Å². The van der Waals surface area contributed by atoms with Crippen molar-refractivity contribution in [1.82, 2.24) is 4.90 Å². The molecule has 1 aliphatic rings. The summed E-state index contributed by atoms with van der Waals surface area (Å²) in [5.74, 6) is -0.0739. The van der Waals surface area contributed by atoms with Gasteiger partial charge in [0.2, 0.25) is 5.91 Å². The van der Waals surface area contributed by atoms with Crippen LogP contribution in [-0.2, 0) is 4.79 Å². The van der Waals surface area contributed by atoms with E-state index < -0.39 is 6.17 Å². The molecule has 0 aliphatic carbocycles. The van der Waals surface area contributed by atoms with Crippen molar-refractivity contribution in [3.63, 3.8) is 0 Å². The zero-order valence-corrected chi connectivity index (χ0v) is 5.30. The van der Waals surface area contributed by atoms with E-state index in [1.165, 1.54) is 18.4 Å². The zero-order valence-electron chi connectivity index (χ0n) is 5.30. The van der Waals surface area contributed by atoms with Crippen molar-refractivity contribution in [3.05, 3.63) is 6.54 Å². The maximum absolute atomic E-state index is 12.3. The monoisotopic (exact) mass is 130 g/mol. The fraction of sp³-hybridized carbons (Fsp3) is 0.667. The number of alkyl halides is 1. The Morgan fingerprint density at radius 2 is 2.56 bits per heavy atom. The van der Waals surface area contributed by atoms with E-state index in [9.17, 15) is 9.18 Å². The van der Waals surface area contributed by atoms with Gasteiger partial charge in [-0.1, -0.05) is 0 Å². The molecule has 0 aromatic heterocycles. The molecular weight excluding hydrogens is 121 g/mol. The third-order valence-corrected chi connectivity index (χ3v) is 1.39. The lowest BCUT2D eigenvalue weighted by Gasteiger charge is -2.09. The lowest BCUT2D eigenvalue weighted by atomic mass is 10.3. The molecule has 1 amide bonds. The van der Waals surface area contributed by atoms with E-state index in [2.05, 4.69) is 0 Å². The SMILES string of the molecule is CC(=O)N1[CH]C(F)CC1. The molecule has 1 atom stereocenters. The summed E-state index contributed by atoms with van der Waals surface area (Å²) in [5.41, 5.74) is 0. The number of nitrogens with zero attached hydrogens (tertiary/aromatic N) is 1. The molecule has 0 spiro atoms. The fourth-order valence-electron chi connectivity index (χ4n) is 0.869. The Balaban J connectivity index is 2.39. The second kappa shape index (κ2) is 2.33. The van der Waals surface area contributed by atoms with Crippen molar-refractivity contribution in [2.45, 2.75) is 19.5 Å². The first kappa shape index (κ1) is 6.52. The number of carbonyl (C=O) groups is 1. The van der Waals surface area contributed by atoms with Gasteiger partial charge in [-0.2, -0.15) is 0 Å². The number of amides is 1. The average Bonchev–Trinajstić information content (AvgIpc) is 2.14. The van der Waals surface area contributed by atoms with Gasteiger partial charge in [0.1, 0.15) is 6.17 Å². The molecular formula is C6H9FNO. The van der Waals surface area contributed by atoms with Gasteiger partial charge in [-0.3, -0.25) is 4.79 Å². The minimum absolute atomic E-state index is 0.0739. The van der Waals surface area contributed by atoms with E-state index in [0.717, 1.165) is 0 Å². The summed E-state index contributed by atoms with van der Waals surface area (Å²) < 4.78 is 12.3. The van der Waals surface area contributed by atoms with Crippen LogP contribution in [0.5, 0.6) is 0 Å². The van der Waals surface area contributed by atoms with Crippen LogP contribution in [0.3, 0.4) is 0 Å². The van der Waals surface area contributed by atoms with Crippen LogP contribution in [-0.4, -0.2) is 23.5 Å². The summed E-state index contributed by atoms with van der Waals surface area (Å²) in [6.45, 7) is 3.31. The first-order valence-corrected chi connectivity index (χ1v) is 2.96. The standard InChI is InChI=1S/C6H9FNO/c1-5(9)8-3-2-6(7)4-8/h4,6H,2-3H2,1H3. The average molecular weight is 130 g/mol. The van der Waals surface area contributed by atoms with Gasteiger partial charge >= 0.3 is 0 Å². The second-order valence-electron chi connectivity index (χ2n) is 2.17. The van der Waals surface area contributed by atoms with Crippen molar-refractivity contribution in [2.75, 3.05) is 6.54 Å². The van der Waals surface area contributed by atoms with Crippen LogP contribution in [0.4, 0.5) is 4.39 Å². The van der Waals surface area contributed by atoms with Gasteiger partial charge in [-0.05, 0) is 6.42 Å². The fourth-order valence-corrected chi connectivity index (χ4v) is 0.869. The summed E-state index contributed by atoms with van der Waals surface area (Å²) in [4.78, 5) is 11.9. The van der Waals surface area contributed by atoms with Crippen molar-refractivity contribution >= 4 is 5.91 Å². The van der Waals surface area contributed by atoms with Crippen LogP contribution in [0.25, 0.3) is 0 Å². The van der Waals surface area contributed by atoms with Crippen molar-refractivity contribution in [2.24, 2.45) is 0 Å². The van der Waals surface area contributed by atoms with Gasteiger partial charge in [0.15, 0.2) is 0 Å². The first-order valence-electron chi connectivity index (χ1n) is 2.96. The second-order valence-corrected chi connectivity index (χ2v) is 2.17. The van der Waals surface area contributed by atoms with E-state index in [1.54, 1.807) is 0 Å². The van der Waals surface area contributed by atoms with Crippen LogP contribution in [0.15, 0.2) is 0 Å². The molecule has 1 aliphatic heterocycles. The Kier molecular flexibility index (Phi) is 1.69. The Bertz CT molecular complexity index is 126. The Hall–Kier alpha value is -0.600. The van der Waals surface area contributed by atoms with E-state index in [0.29, 0.717) is 13.0 Å². The number of carbonyl (C=O) groups excluding carboxylic acids is 1. The summed E-state index contributed by atoms with van der Waals surface area (Å²) in [5, 5.41) is 0. The molecule has 0 saturated carbocycles. The molecule has 9 heavy (non-hydrogen) atoms. The van der Waals surface area contributed by atoms with Gasteiger partial charge in [-0.25, -0.2) is 4.39 Å². The largest absolute Gasteiger partial charge is 0.335 e. The lowest BCUT2D eigenvalue weighted by molar-refractivity contribution is -0.126. The van der Waals surface area contributed by atoms with Gasteiger partial charge in [-0.15, -0.1) is 0 Å². The highest BCUT2D eigenvalue weighted by Crippen LogP contribution is 2.15. The maximum atomic E-state index is 12.3. The summed E-state index contributed by atoms with van der Waals surface area (Å²) >= 11 is 0. The lowest BCUT2D eigenvalue weighted by Crippen LogP contribution is -2.21. The summed E-state index contributed by atoms with van der Waals surface area (Å²) in [6, 6.07) is 0. The highest BCUT2D eigenvalue weighted by molar-refractivity contribution is 5.74. The normalized spacial score (nSPS) is 26.9. The van der Waals surface area contributed by atoms with Crippen LogP contribution >= 0.6 is 0 Å². The smallest absolute Gasteiger partial charge is 0.219 e. The van der Waals surface area contributed by atoms with E-state index in [-0.39, 0.29) is 5.91 Å². The van der Waals surface area contributed by atoms with Crippen LogP contribution < -0.4 is 0 Å². The van der Waals surface area contributed by atoms with Gasteiger partial charge in [0.05, 0.1) is 6.54 Å². The predicted octanol–water partition coefficient (Wildman–Crippen LogP) is 0.738. The predicted molar refractivity (Wildman–Crippen MR) is 31.2 cm³/mol. The van der Waals surface area contributed by atoms with Crippen LogP contribution in [0.1, 0.15) is 13.3 Å². The number of hydrogen-bond donors (Lipinski definition) is 0. The number of rotatable bonds is 0. The van der Waals surface area contributed by atoms with Crippen LogP contribution in [0.2, 0.25) is 0 Å². The molecule has 0 aromatic carbocycles. The first-order chi connectivity index (χ1) is 4.20. The minimum atomic E-state index is -0.908. The molecule has 2 nitrogen and oxygen atoms in total. The molecule has 1 saturated heterocycles. The molecule has 1 fully saturated rings. The number of likely N-dealkylation sites (tertiary alicyclic amines) is 1. The number of halogens is 1. The van der Waals surface area contributed by atoms with Crippen molar-refractivity contribution in [3.8, 4) is 0 Å². The third kappa shape index (κ3) is 1.40. The Morgan fingerprint density at radius 3 is 2.78 bits per heavy atom. The van der Waals surface area contributed by atoms with Crippen LogP contribution in [0, 0.1) is 6.54 Å². The Morgan fingerprint density at radius 1 is 1.89 bits per heavy atom. The van der Waals surface area contributed by atoms with E-state index in [1.807, 2.05) is 0 Å². The summed E-state index contributed by atoms with van der Waals surface area (Å²) in [6.07, 6.45) is -0.451. The zero-order chi connectivity index (χ0) is 6.85. The third-order valence-electron chi connectivity index (χ3n) is 1.39. The quantitative estimate of drug-likeness (QED) is 0.473. The molecule has 1 radical (unpaired) electrons. The van der Waals surface area contributed by atoms with E-state index in [4.69, 9.17) is 0 Å². The van der Waals surface area contributed by atoms with E-state index >= 15 is 0 Å². The molecule has 0 bridgehead atoms. The topological polar surface area (TPSA) is 20.3 Å². The molecule has 51 valence electrons. The summed E-state index contributed by atoms with van der Waals surface area (Å²) in [7, 11) is 0. The molecule has 0 N–H and O–H groups in total. The highest BCUT2D eigenvalue weighted by atomic mass is 19.1. The van der Waals surface area contributed by atoms with Gasteiger partial charge in [0.25, 0.3) is 0 Å². The number of hydrogen-bond acceptors (Lipinski definition) is 1. The van der Waals surface area contributed by atoms with Crippen molar-refractivity contribution in [1.29, 1.82) is 0 Å². The molecule has 0 aromatic rings. The maximum Gasteiger partial charge on any atom is 0.219 e. The highest BCUT2D eigenvalue weighted by Gasteiger charge is 2.23. The van der Waals surface area contributed by atoms with Crippen molar-refractivity contribution < 1.29 is 9.18 Å². The molecule has 1 heterocycles. The van der Waals surface area contributed by atoms with Gasteiger partial charge in [0, 0.05) is 13.5 Å². The molecule has 1 rings (SSSR count). The molecule has 1 unspecified atom stereocenters. The van der Waals surface area contributed by atoms with Gasteiger partial charge < -0.3 is 4.90 Å². The minimum Gasteiger partial charge on any atom is -0.335 e. The molecule has 3 heteroatoms.